The Balaban J connectivity index is 2.93. The molecule has 0 fully saturated rings. The van der Waals surface area contributed by atoms with Crippen LogP contribution in [0.5, 0.6) is 0 Å². The summed E-state index contributed by atoms with van der Waals surface area (Å²) in [7, 11) is -4.58. The molecule has 1 N–H and O–H groups in total. The first kappa shape index (κ1) is 13.0. The third kappa shape index (κ3) is 3.21. The minimum atomic E-state index is -3.66. The topological polar surface area (TPSA) is 107 Å². The Morgan fingerprint density at radius 3 is 2.38 bits per heavy atom. The molecule has 0 aliphatic rings. The lowest BCUT2D eigenvalue weighted by atomic mass is 10.3. The van der Waals surface area contributed by atoms with Crippen LogP contribution in [0.3, 0.4) is 0 Å². The fourth-order valence-electron chi connectivity index (χ4n) is 0.947. The highest BCUT2D eigenvalue weighted by molar-refractivity contribution is 7.91. The molecule has 0 amide bonds. The summed E-state index contributed by atoms with van der Waals surface area (Å²) in [6, 6.07) is 4.43. The molecule has 0 spiro atoms. The molecule has 0 saturated heterocycles. The van der Waals surface area contributed by atoms with Gasteiger partial charge in [0, 0.05) is 12.1 Å². The fraction of sp³-hybridized carbons (Fsp3) is 0.143. The summed E-state index contributed by atoms with van der Waals surface area (Å²) in [6.45, 7) is 0. The molecule has 1 unspecified atom stereocenters. The van der Waals surface area contributed by atoms with E-state index in [0.717, 1.165) is 24.3 Å². The van der Waals surface area contributed by atoms with Gasteiger partial charge in [-0.3, -0.25) is 10.1 Å². The highest BCUT2D eigenvalue weighted by Crippen LogP contribution is 2.18. The summed E-state index contributed by atoms with van der Waals surface area (Å²) in [6.07, 6.45) is 0. The molecular formula is C7H8NO6PS. The van der Waals surface area contributed by atoms with Gasteiger partial charge >= 0.3 is 0 Å². The van der Waals surface area contributed by atoms with Crippen molar-refractivity contribution in [1.82, 2.24) is 0 Å². The average Bonchev–Trinajstić information content (AvgIpc) is 2.26. The van der Waals surface area contributed by atoms with E-state index in [4.69, 9.17) is 4.89 Å². The molecule has 88 valence electrons. The van der Waals surface area contributed by atoms with Gasteiger partial charge < -0.3 is 9.42 Å². The Labute approximate surface area is 93.1 Å². The molecule has 0 bridgehead atoms. The van der Waals surface area contributed by atoms with Crippen molar-refractivity contribution in [1.29, 1.82) is 0 Å². The molecule has 0 heterocycles. The summed E-state index contributed by atoms with van der Waals surface area (Å²) >= 11 is 0. The van der Waals surface area contributed by atoms with E-state index in [-0.39, 0.29) is 10.6 Å². The molecule has 7 nitrogen and oxygen atoms in total. The second-order valence-electron chi connectivity index (χ2n) is 2.72. The normalized spacial score (nSPS) is 12.1. The van der Waals surface area contributed by atoms with Crippen molar-refractivity contribution < 1.29 is 22.8 Å². The maximum atomic E-state index is 11.5. The number of rotatable bonds is 5. The van der Waals surface area contributed by atoms with E-state index in [2.05, 4.69) is 4.52 Å². The van der Waals surface area contributed by atoms with Crippen LogP contribution in [-0.2, 0) is 14.4 Å². The third-order valence-electron chi connectivity index (χ3n) is 1.69. The lowest BCUT2D eigenvalue weighted by Crippen LogP contribution is -2.07. The first-order chi connectivity index (χ1) is 7.47. The van der Waals surface area contributed by atoms with Crippen LogP contribution in [0, 0.1) is 10.1 Å². The van der Waals surface area contributed by atoms with Crippen LogP contribution in [0.2, 0.25) is 0 Å². The van der Waals surface area contributed by atoms with Gasteiger partial charge in [0.2, 0.25) is 9.84 Å². The van der Waals surface area contributed by atoms with Crippen molar-refractivity contribution in [3.63, 3.8) is 0 Å². The Morgan fingerprint density at radius 2 is 1.94 bits per heavy atom. The van der Waals surface area contributed by atoms with Gasteiger partial charge in [-0.05, 0) is 12.1 Å². The van der Waals surface area contributed by atoms with E-state index < -0.39 is 29.7 Å². The van der Waals surface area contributed by atoms with Crippen LogP contribution in [0.15, 0.2) is 29.2 Å². The van der Waals surface area contributed by atoms with Gasteiger partial charge in [-0.15, -0.1) is 0 Å². The van der Waals surface area contributed by atoms with Crippen LogP contribution in [0.4, 0.5) is 5.69 Å². The van der Waals surface area contributed by atoms with Crippen LogP contribution < -0.4 is 0 Å². The molecule has 1 rings (SSSR count). The maximum absolute atomic E-state index is 11.5. The van der Waals surface area contributed by atoms with Gasteiger partial charge in [-0.1, -0.05) is 0 Å². The lowest BCUT2D eigenvalue weighted by Gasteiger charge is -2.02. The monoisotopic (exact) mass is 265 g/mol. The zero-order valence-electron chi connectivity index (χ0n) is 7.86. The minimum Gasteiger partial charge on any atom is -0.352 e. The molecular weight excluding hydrogens is 257 g/mol. The molecule has 0 radical (unpaired) electrons. The average molecular weight is 265 g/mol. The van der Waals surface area contributed by atoms with Gasteiger partial charge in [0.15, 0.2) is 15.0 Å². The van der Waals surface area contributed by atoms with Crippen LogP contribution in [0.25, 0.3) is 0 Å². The van der Waals surface area contributed by atoms with Gasteiger partial charge in [-0.25, -0.2) is 8.42 Å². The number of nitro groups is 1. The number of non-ortho nitro benzene ring substituents is 1. The van der Waals surface area contributed by atoms with E-state index in [9.17, 15) is 18.5 Å². The molecule has 16 heavy (non-hydrogen) atoms. The van der Waals surface area contributed by atoms with E-state index in [1.807, 2.05) is 0 Å². The van der Waals surface area contributed by atoms with Crippen LogP contribution >= 0.6 is 9.03 Å². The van der Waals surface area contributed by atoms with Gasteiger partial charge in [0.25, 0.3) is 5.69 Å². The molecule has 1 aromatic carbocycles. The number of sulfone groups is 1. The molecule has 1 aromatic rings. The predicted octanol–water partition coefficient (Wildman–Crippen LogP) is 0.843. The number of nitrogens with zero attached hydrogens (tertiary/aromatic N) is 1. The molecule has 1 atom stereocenters. The number of hydrogen-bond donors (Lipinski definition) is 1. The Bertz CT molecular complexity index is 470. The summed E-state index contributed by atoms with van der Waals surface area (Å²) in [5.74, 6) is -0.653. The van der Waals surface area contributed by atoms with Crippen molar-refractivity contribution in [2.75, 3.05) is 5.94 Å². The predicted molar refractivity (Wildman–Crippen MR) is 56.8 cm³/mol. The van der Waals surface area contributed by atoms with Crippen molar-refractivity contribution in [2.45, 2.75) is 4.90 Å². The highest BCUT2D eigenvalue weighted by atomic mass is 32.2. The number of hydrogen-bond acceptors (Lipinski definition) is 6. The van der Waals surface area contributed by atoms with Crippen molar-refractivity contribution >= 4 is 24.6 Å². The largest absolute Gasteiger partial charge is 0.352 e. The van der Waals surface area contributed by atoms with Crippen molar-refractivity contribution in [3.05, 3.63) is 34.4 Å². The molecule has 9 heteroatoms. The Morgan fingerprint density at radius 1 is 1.38 bits per heavy atom. The first-order valence-corrected chi connectivity index (χ1v) is 6.46. The number of nitro benzene ring substituents is 1. The molecule has 0 saturated carbocycles. The third-order valence-corrected chi connectivity index (χ3v) is 3.59. The van der Waals surface area contributed by atoms with Crippen molar-refractivity contribution in [2.24, 2.45) is 0 Å². The number of benzene rings is 1. The Hall–Kier alpha value is -1.08. The first-order valence-electron chi connectivity index (χ1n) is 3.95. The summed E-state index contributed by atoms with van der Waals surface area (Å²) < 4.78 is 27.3. The van der Waals surface area contributed by atoms with E-state index in [1.165, 1.54) is 0 Å². The second-order valence-corrected chi connectivity index (χ2v) is 5.13. The molecule has 0 aliphatic heterocycles. The lowest BCUT2D eigenvalue weighted by molar-refractivity contribution is -0.384. The Kier molecular flexibility index (Phi) is 4.31. The summed E-state index contributed by atoms with van der Waals surface area (Å²) in [5.41, 5.74) is -0.191. The zero-order valence-corrected chi connectivity index (χ0v) is 9.68. The van der Waals surface area contributed by atoms with Crippen LogP contribution in [0.1, 0.15) is 0 Å². The van der Waals surface area contributed by atoms with Gasteiger partial charge in [0.1, 0.15) is 0 Å². The smallest absolute Gasteiger partial charge is 0.269 e. The van der Waals surface area contributed by atoms with Gasteiger partial charge in [0.05, 0.1) is 9.82 Å². The SMILES string of the molecule is O=[N+]([O-])c1ccc(S(=O)(=O)COPO)cc1. The van der Waals surface area contributed by atoms with E-state index in [1.54, 1.807) is 0 Å². The highest BCUT2D eigenvalue weighted by Gasteiger charge is 2.16. The molecule has 0 aromatic heterocycles. The minimum absolute atomic E-state index is 0.0867. The van der Waals surface area contributed by atoms with Gasteiger partial charge in [-0.2, -0.15) is 0 Å². The maximum Gasteiger partial charge on any atom is 0.269 e. The van der Waals surface area contributed by atoms with Crippen LogP contribution in [-0.4, -0.2) is 24.2 Å². The zero-order chi connectivity index (χ0) is 12.2. The quantitative estimate of drug-likeness (QED) is 0.480. The van der Waals surface area contributed by atoms with E-state index in [0.29, 0.717) is 0 Å². The second kappa shape index (κ2) is 5.31. The van der Waals surface area contributed by atoms with Crippen molar-refractivity contribution in [3.8, 4) is 0 Å². The summed E-state index contributed by atoms with van der Waals surface area (Å²) in [4.78, 5) is 18.0. The fourth-order valence-corrected chi connectivity index (χ4v) is 2.47. The standard InChI is InChI=1S/C7H8NO6PS/c9-8(10)6-1-3-7(4-2-6)16(12,13)5-14-15-11/h1-4,11,15H,5H2. The molecule has 0 aliphatic carbocycles. The summed E-state index contributed by atoms with van der Waals surface area (Å²) in [5, 5.41) is 10.3. The van der Waals surface area contributed by atoms with E-state index >= 15 is 0 Å².